The molecule has 0 amide bonds. The van der Waals surface area contributed by atoms with Crippen molar-refractivity contribution in [1.29, 1.82) is 0 Å². The molecule has 62 valence electrons. The second-order valence-electron chi connectivity index (χ2n) is 3.43. The average molecular weight is 154 g/mol. The monoisotopic (exact) mass is 154 g/mol. The van der Waals surface area contributed by atoms with E-state index in [0.717, 1.165) is 6.42 Å². The van der Waals surface area contributed by atoms with Gasteiger partial charge in [-0.3, -0.25) is 0 Å². The molecule has 0 bridgehead atoms. The first-order valence-corrected chi connectivity index (χ1v) is 4.12. The Morgan fingerprint density at radius 3 is 2.82 bits per heavy atom. The molecule has 0 spiro atoms. The third kappa shape index (κ3) is 3.35. The van der Waals surface area contributed by atoms with E-state index in [1.807, 2.05) is 19.1 Å². The Kier molecular flexibility index (Phi) is 2.48. The smallest absolute Gasteiger partial charge is 0.115 e. The zero-order chi connectivity index (χ0) is 8.32. The summed E-state index contributed by atoms with van der Waals surface area (Å²) >= 11 is 0. The van der Waals surface area contributed by atoms with E-state index >= 15 is 0 Å². The van der Waals surface area contributed by atoms with E-state index in [9.17, 15) is 4.39 Å². The summed E-state index contributed by atoms with van der Waals surface area (Å²) in [5.41, 5.74) is 0.258. The van der Waals surface area contributed by atoms with E-state index in [1.54, 1.807) is 6.92 Å². The first-order valence-electron chi connectivity index (χ1n) is 4.12. The van der Waals surface area contributed by atoms with Gasteiger partial charge >= 0.3 is 0 Å². The number of halogens is 1. The first kappa shape index (κ1) is 8.51. The lowest BCUT2D eigenvalue weighted by atomic mass is 9.98. The van der Waals surface area contributed by atoms with Crippen LogP contribution in [-0.4, -0.2) is 5.67 Å². The van der Waals surface area contributed by atoms with Crippen molar-refractivity contribution in [2.75, 3.05) is 0 Å². The van der Waals surface area contributed by atoms with Gasteiger partial charge in [-0.05, 0) is 26.7 Å². The van der Waals surface area contributed by atoms with Gasteiger partial charge < -0.3 is 0 Å². The van der Waals surface area contributed by atoms with Crippen LogP contribution in [0.2, 0.25) is 0 Å². The Bertz CT molecular complexity index is 187. The van der Waals surface area contributed by atoms with Gasteiger partial charge in [-0.25, -0.2) is 4.39 Å². The molecular weight excluding hydrogens is 139 g/mol. The molecule has 0 fully saturated rings. The number of hydrogen-bond donors (Lipinski definition) is 0. The molecule has 0 aromatic rings. The number of rotatable bonds is 4. The fourth-order valence-corrected chi connectivity index (χ4v) is 1.13. The Morgan fingerprint density at radius 2 is 2.36 bits per heavy atom. The predicted molar refractivity (Wildman–Crippen MR) is 46.3 cm³/mol. The van der Waals surface area contributed by atoms with Gasteiger partial charge in [0.15, 0.2) is 0 Å². The molecule has 0 aromatic heterocycles. The highest BCUT2D eigenvalue weighted by atomic mass is 19.1. The second kappa shape index (κ2) is 3.21. The maximum atomic E-state index is 13.5. The van der Waals surface area contributed by atoms with Crippen LogP contribution in [-0.2, 0) is 0 Å². The van der Waals surface area contributed by atoms with E-state index in [2.05, 4.69) is 6.08 Å². The normalized spacial score (nSPS) is 21.5. The Labute approximate surface area is 67.8 Å². The fraction of sp³-hybridized carbons (Fsp3) is 0.600. The van der Waals surface area contributed by atoms with Gasteiger partial charge in [0.25, 0.3) is 0 Å². The van der Waals surface area contributed by atoms with E-state index in [-0.39, 0.29) is 0 Å². The standard InChI is InChI=1S/C10H15F/c1-3-4-7-10(2,11)8-9-5-6-9/h3-5H,6-8H2,1-2H3/b4-3-. The van der Waals surface area contributed by atoms with Crippen molar-refractivity contribution >= 4 is 0 Å². The third-order valence-electron chi connectivity index (χ3n) is 1.87. The van der Waals surface area contributed by atoms with Gasteiger partial charge in [0.1, 0.15) is 5.67 Å². The summed E-state index contributed by atoms with van der Waals surface area (Å²) in [6.45, 7) is 3.60. The highest BCUT2D eigenvalue weighted by molar-refractivity contribution is 5.23. The highest BCUT2D eigenvalue weighted by Gasteiger charge is 2.25. The Morgan fingerprint density at radius 1 is 1.73 bits per heavy atom. The van der Waals surface area contributed by atoms with Crippen molar-refractivity contribution in [3.63, 3.8) is 0 Å². The van der Waals surface area contributed by atoms with Crippen molar-refractivity contribution in [2.24, 2.45) is 0 Å². The average Bonchev–Trinajstić information content (AvgIpc) is 2.67. The van der Waals surface area contributed by atoms with Crippen molar-refractivity contribution in [2.45, 2.75) is 38.8 Å². The van der Waals surface area contributed by atoms with Crippen molar-refractivity contribution in [3.05, 3.63) is 23.8 Å². The summed E-state index contributed by atoms with van der Waals surface area (Å²) in [6.07, 6.45) is 8.09. The van der Waals surface area contributed by atoms with Crippen LogP contribution in [0, 0.1) is 0 Å². The topological polar surface area (TPSA) is 0 Å². The summed E-state index contributed by atoms with van der Waals surface area (Å²) in [5, 5.41) is 0. The van der Waals surface area contributed by atoms with E-state index in [4.69, 9.17) is 0 Å². The lowest BCUT2D eigenvalue weighted by molar-refractivity contribution is 0.194. The van der Waals surface area contributed by atoms with E-state index in [0.29, 0.717) is 12.8 Å². The molecule has 1 rings (SSSR count). The molecule has 1 aliphatic carbocycles. The highest BCUT2D eigenvalue weighted by Crippen LogP contribution is 2.33. The molecule has 0 aromatic carbocycles. The van der Waals surface area contributed by atoms with Crippen LogP contribution < -0.4 is 0 Å². The molecule has 1 unspecified atom stereocenters. The van der Waals surface area contributed by atoms with Crippen LogP contribution in [0.1, 0.15) is 33.1 Å². The third-order valence-corrected chi connectivity index (χ3v) is 1.87. The molecule has 0 heterocycles. The van der Waals surface area contributed by atoms with Gasteiger partial charge in [-0.2, -0.15) is 0 Å². The molecule has 0 saturated heterocycles. The molecule has 11 heavy (non-hydrogen) atoms. The van der Waals surface area contributed by atoms with Crippen molar-refractivity contribution in [3.8, 4) is 0 Å². The summed E-state index contributed by atoms with van der Waals surface area (Å²) in [6, 6.07) is 0. The maximum Gasteiger partial charge on any atom is 0.115 e. The summed E-state index contributed by atoms with van der Waals surface area (Å²) < 4.78 is 13.5. The zero-order valence-electron chi connectivity index (χ0n) is 7.23. The molecule has 1 atom stereocenters. The van der Waals surface area contributed by atoms with Crippen LogP contribution in [0.4, 0.5) is 4.39 Å². The summed E-state index contributed by atoms with van der Waals surface area (Å²) in [7, 11) is 0. The van der Waals surface area contributed by atoms with Crippen molar-refractivity contribution in [1.82, 2.24) is 0 Å². The molecule has 0 N–H and O–H groups in total. The number of alkyl halides is 1. The summed E-state index contributed by atoms with van der Waals surface area (Å²) in [4.78, 5) is 0. The lowest BCUT2D eigenvalue weighted by Crippen LogP contribution is -2.15. The molecule has 0 saturated carbocycles. The molecule has 1 heteroatoms. The predicted octanol–water partition coefficient (Wildman–Crippen LogP) is 3.40. The number of allylic oxidation sites excluding steroid dienone is 4. The van der Waals surface area contributed by atoms with Crippen LogP contribution in [0.5, 0.6) is 0 Å². The van der Waals surface area contributed by atoms with Crippen LogP contribution in [0.15, 0.2) is 23.8 Å². The SMILES string of the molecule is C/C=C\CC(C)(F)CC1=CC1. The van der Waals surface area contributed by atoms with Gasteiger partial charge in [0.05, 0.1) is 0 Å². The van der Waals surface area contributed by atoms with Gasteiger partial charge in [-0.1, -0.05) is 23.8 Å². The fourth-order valence-electron chi connectivity index (χ4n) is 1.13. The molecular formula is C10H15F. The second-order valence-corrected chi connectivity index (χ2v) is 3.43. The number of hydrogen-bond acceptors (Lipinski definition) is 0. The quantitative estimate of drug-likeness (QED) is 0.544. The molecule has 0 aliphatic heterocycles. The molecule has 1 aliphatic rings. The minimum absolute atomic E-state index is 0.543. The largest absolute Gasteiger partial charge is 0.244 e. The Balaban J connectivity index is 2.30. The maximum absolute atomic E-state index is 13.5. The summed E-state index contributed by atoms with van der Waals surface area (Å²) in [5.74, 6) is 0. The molecule has 0 radical (unpaired) electrons. The Hall–Kier alpha value is -0.590. The van der Waals surface area contributed by atoms with Gasteiger partial charge in [0, 0.05) is 6.42 Å². The van der Waals surface area contributed by atoms with Gasteiger partial charge in [-0.15, -0.1) is 0 Å². The minimum atomic E-state index is -1.02. The minimum Gasteiger partial charge on any atom is -0.244 e. The van der Waals surface area contributed by atoms with E-state index in [1.165, 1.54) is 5.57 Å². The van der Waals surface area contributed by atoms with Crippen LogP contribution >= 0.6 is 0 Å². The zero-order valence-corrected chi connectivity index (χ0v) is 7.23. The lowest BCUT2D eigenvalue weighted by Gasteiger charge is -2.16. The van der Waals surface area contributed by atoms with Gasteiger partial charge in [0.2, 0.25) is 0 Å². The van der Waals surface area contributed by atoms with Crippen LogP contribution in [0.3, 0.4) is 0 Å². The van der Waals surface area contributed by atoms with Crippen molar-refractivity contribution < 1.29 is 4.39 Å². The molecule has 0 nitrogen and oxygen atoms in total. The van der Waals surface area contributed by atoms with Crippen LogP contribution in [0.25, 0.3) is 0 Å². The first-order chi connectivity index (χ1) is 5.14. The van der Waals surface area contributed by atoms with E-state index < -0.39 is 5.67 Å².